The summed E-state index contributed by atoms with van der Waals surface area (Å²) in [6.45, 7) is 1.53. The van der Waals surface area contributed by atoms with Gasteiger partial charge in [0, 0.05) is 20.6 Å². The first kappa shape index (κ1) is 18.3. The fourth-order valence-corrected chi connectivity index (χ4v) is 2.88. The normalized spacial score (nSPS) is 11.4. The summed E-state index contributed by atoms with van der Waals surface area (Å²) in [4.78, 5) is 44.9. The number of carbonyl (C=O) groups excluding carboxylic acids is 1. The molecular formula is C14H22N6O3S. The van der Waals surface area contributed by atoms with Crippen LogP contribution in [0.1, 0.15) is 6.42 Å². The SMILES string of the molecule is CN(C)CCCNC(=O)CSc1nc2c([nH]1)c(=O)n(C)c(=O)n2C. The van der Waals surface area contributed by atoms with E-state index in [0.717, 1.165) is 17.5 Å². The minimum atomic E-state index is -0.436. The highest BCUT2D eigenvalue weighted by Gasteiger charge is 2.14. The van der Waals surface area contributed by atoms with Gasteiger partial charge in [-0.15, -0.1) is 0 Å². The molecule has 0 aromatic carbocycles. The first-order chi connectivity index (χ1) is 11.3. The Morgan fingerprint density at radius 2 is 2.00 bits per heavy atom. The second-order valence-corrected chi connectivity index (χ2v) is 6.71. The monoisotopic (exact) mass is 354 g/mol. The lowest BCUT2D eigenvalue weighted by Crippen LogP contribution is -2.36. The molecule has 0 aliphatic heterocycles. The number of rotatable bonds is 7. The predicted molar refractivity (Wildman–Crippen MR) is 93.5 cm³/mol. The zero-order chi connectivity index (χ0) is 17.9. The largest absolute Gasteiger partial charge is 0.355 e. The third kappa shape index (κ3) is 4.06. The molecule has 2 heterocycles. The standard InChI is InChI=1S/C14H22N6O3S/c1-18(2)7-5-6-15-9(21)8-24-13-16-10-11(17-13)19(3)14(23)20(4)12(10)22/h5-8H2,1-4H3,(H,15,21)(H,16,17). The Hall–Kier alpha value is -2.07. The number of hydrogen-bond donors (Lipinski definition) is 2. The maximum atomic E-state index is 12.1. The molecule has 0 unspecified atom stereocenters. The Labute approximate surface area is 143 Å². The molecule has 0 saturated heterocycles. The van der Waals surface area contributed by atoms with E-state index in [0.29, 0.717) is 11.7 Å². The van der Waals surface area contributed by atoms with Crippen LogP contribution in [-0.2, 0) is 18.9 Å². The van der Waals surface area contributed by atoms with Gasteiger partial charge in [0.1, 0.15) is 0 Å². The van der Waals surface area contributed by atoms with Gasteiger partial charge in [0.15, 0.2) is 16.3 Å². The van der Waals surface area contributed by atoms with E-state index in [-0.39, 0.29) is 22.8 Å². The van der Waals surface area contributed by atoms with E-state index in [1.54, 1.807) is 7.05 Å². The van der Waals surface area contributed by atoms with Crippen molar-refractivity contribution < 1.29 is 4.79 Å². The molecule has 0 aliphatic rings. The van der Waals surface area contributed by atoms with E-state index >= 15 is 0 Å². The number of aromatic nitrogens is 4. The van der Waals surface area contributed by atoms with E-state index in [1.165, 1.54) is 23.4 Å². The summed E-state index contributed by atoms with van der Waals surface area (Å²) in [5.41, 5.74) is -0.319. The van der Waals surface area contributed by atoms with Gasteiger partial charge in [0.05, 0.1) is 5.75 Å². The number of thioether (sulfide) groups is 1. The summed E-state index contributed by atoms with van der Waals surface area (Å²) in [6, 6.07) is 0. The van der Waals surface area contributed by atoms with Gasteiger partial charge in [-0.2, -0.15) is 0 Å². The van der Waals surface area contributed by atoms with Crippen molar-refractivity contribution in [3.63, 3.8) is 0 Å². The van der Waals surface area contributed by atoms with Gasteiger partial charge in [-0.1, -0.05) is 11.8 Å². The summed E-state index contributed by atoms with van der Waals surface area (Å²) in [6.07, 6.45) is 0.881. The van der Waals surface area contributed by atoms with Crippen LogP contribution in [0.3, 0.4) is 0 Å². The van der Waals surface area contributed by atoms with Crippen LogP contribution >= 0.6 is 11.8 Å². The van der Waals surface area contributed by atoms with Crippen molar-refractivity contribution in [3.8, 4) is 0 Å². The lowest BCUT2D eigenvalue weighted by molar-refractivity contribution is -0.118. The summed E-state index contributed by atoms with van der Waals surface area (Å²) < 4.78 is 2.32. The van der Waals surface area contributed by atoms with Crippen molar-refractivity contribution in [1.82, 2.24) is 29.3 Å². The molecular weight excluding hydrogens is 332 g/mol. The minimum Gasteiger partial charge on any atom is -0.355 e. The van der Waals surface area contributed by atoms with Crippen LogP contribution < -0.4 is 16.6 Å². The van der Waals surface area contributed by atoms with Gasteiger partial charge in [-0.05, 0) is 27.1 Å². The second-order valence-electron chi connectivity index (χ2n) is 5.74. The molecule has 0 fully saturated rings. The zero-order valence-electron chi connectivity index (χ0n) is 14.3. The number of aryl methyl sites for hydroxylation is 1. The van der Waals surface area contributed by atoms with Crippen molar-refractivity contribution in [1.29, 1.82) is 0 Å². The summed E-state index contributed by atoms with van der Waals surface area (Å²) in [5.74, 6) is 0.0942. The molecule has 24 heavy (non-hydrogen) atoms. The van der Waals surface area contributed by atoms with Crippen molar-refractivity contribution in [2.75, 3.05) is 32.9 Å². The highest BCUT2D eigenvalue weighted by molar-refractivity contribution is 7.99. The maximum Gasteiger partial charge on any atom is 0.332 e. The Morgan fingerprint density at radius 3 is 2.67 bits per heavy atom. The zero-order valence-corrected chi connectivity index (χ0v) is 15.1. The van der Waals surface area contributed by atoms with Crippen LogP contribution in [0.15, 0.2) is 14.7 Å². The van der Waals surface area contributed by atoms with Crippen molar-refractivity contribution in [2.45, 2.75) is 11.6 Å². The minimum absolute atomic E-state index is 0.0963. The van der Waals surface area contributed by atoms with Crippen LogP contribution in [0, 0.1) is 0 Å². The Bertz CT molecular complexity index is 851. The number of nitrogens with zero attached hydrogens (tertiary/aromatic N) is 4. The summed E-state index contributed by atoms with van der Waals surface area (Å²) >= 11 is 1.20. The molecule has 2 aromatic heterocycles. The molecule has 10 heteroatoms. The molecule has 2 N–H and O–H groups in total. The van der Waals surface area contributed by atoms with E-state index < -0.39 is 11.2 Å². The van der Waals surface area contributed by atoms with Gasteiger partial charge >= 0.3 is 5.69 Å². The third-order valence-electron chi connectivity index (χ3n) is 3.52. The number of imidazole rings is 1. The van der Waals surface area contributed by atoms with Crippen LogP contribution in [0.25, 0.3) is 11.2 Å². The first-order valence-electron chi connectivity index (χ1n) is 7.51. The number of H-pyrrole nitrogens is 1. The smallest absolute Gasteiger partial charge is 0.332 e. The van der Waals surface area contributed by atoms with Gasteiger partial charge in [-0.3, -0.25) is 18.7 Å². The number of amides is 1. The molecule has 0 atom stereocenters. The van der Waals surface area contributed by atoms with Gasteiger partial charge in [0.2, 0.25) is 5.91 Å². The van der Waals surface area contributed by atoms with Gasteiger partial charge in [0.25, 0.3) is 5.56 Å². The third-order valence-corrected chi connectivity index (χ3v) is 4.39. The quantitative estimate of drug-likeness (QED) is 0.494. The second kappa shape index (κ2) is 7.67. The van der Waals surface area contributed by atoms with E-state index in [1.807, 2.05) is 14.1 Å². The number of carbonyl (C=O) groups is 1. The first-order valence-corrected chi connectivity index (χ1v) is 8.49. The number of nitrogens with one attached hydrogen (secondary N) is 2. The molecule has 0 saturated carbocycles. The van der Waals surface area contributed by atoms with Crippen molar-refractivity contribution in [2.24, 2.45) is 14.1 Å². The Kier molecular flexibility index (Phi) is 5.84. The van der Waals surface area contributed by atoms with Crippen LogP contribution in [0.4, 0.5) is 0 Å². The van der Waals surface area contributed by atoms with E-state index in [4.69, 9.17) is 0 Å². The lowest BCUT2D eigenvalue weighted by Gasteiger charge is -2.09. The molecule has 2 rings (SSSR count). The van der Waals surface area contributed by atoms with E-state index in [9.17, 15) is 14.4 Å². The maximum absolute atomic E-state index is 12.1. The molecule has 1 amide bonds. The fraction of sp³-hybridized carbons (Fsp3) is 0.571. The average Bonchev–Trinajstić information content (AvgIpc) is 2.97. The summed E-state index contributed by atoms with van der Waals surface area (Å²) in [7, 11) is 6.93. The molecule has 0 aliphatic carbocycles. The average molecular weight is 354 g/mol. The number of aromatic amines is 1. The summed E-state index contributed by atoms with van der Waals surface area (Å²) in [5, 5.41) is 3.27. The molecule has 0 spiro atoms. The highest BCUT2D eigenvalue weighted by atomic mass is 32.2. The molecule has 9 nitrogen and oxygen atoms in total. The topological polar surface area (TPSA) is 105 Å². The molecule has 0 radical (unpaired) electrons. The fourth-order valence-electron chi connectivity index (χ4n) is 2.18. The number of hydrogen-bond acceptors (Lipinski definition) is 6. The van der Waals surface area contributed by atoms with E-state index in [2.05, 4.69) is 20.2 Å². The Balaban J connectivity index is 2.00. The highest BCUT2D eigenvalue weighted by Crippen LogP contribution is 2.16. The molecule has 2 aromatic rings. The van der Waals surface area contributed by atoms with Gasteiger partial charge in [-0.25, -0.2) is 9.78 Å². The molecule has 132 valence electrons. The molecule has 0 bridgehead atoms. The number of fused-ring (bicyclic) bond motifs is 1. The van der Waals surface area contributed by atoms with Crippen molar-refractivity contribution in [3.05, 3.63) is 20.8 Å². The van der Waals surface area contributed by atoms with Crippen LogP contribution in [0.2, 0.25) is 0 Å². The Morgan fingerprint density at radius 1 is 1.29 bits per heavy atom. The van der Waals surface area contributed by atoms with Gasteiger partial charge < -0.3 is 15.2 Å². The van der Waals surface area contributed by atoms with Crippen molar-refractivity contribution >= 4 is 28.8 Å². The van der Waals surface area contributed by atoms with Crippen LogP contribution in [-0.4, -0.2) is 62.8 Å². The lowest BCUT2D eigenvalue weighted by atomic mass is 10.4. The predicted octanol–water partition coefficient (Wildman–Crippen LogP) is -0.880. The van der Waals surface area contributed by atoms with Crippen LogP contribution in [0.5, 0.6) is 0 Å².